The number of nitrogens with zero attached hydrogens (tertiary/aromatic N) is 2. The van der Waals surface area contributed by atoms with E-state index in [1.807, 2.05) is 19.9 Å². The van der Waals surface area contributed by atoms with E-state index in [2.05, 4.69) is 15.5 Å². The molecule has 2 N–H and O–H groups in total. The summed E-state index contributed by atoms with van der Waals surface area (Å²) in [5.41, 5.74) is -0.294. The van der Waals surface area contributed by atoms with Crippen LogP contribution in [0.15, 0.2) is 16.9 Å². The number of H-pyrrole nitrogens is 1. The van der Waals surface area contributed by atoms with Crippen molar-refractivity contribution in [3.8, 4) is 6.07 Å². The first kappa shape index (κ1) is 11.9. The summed E-state index contributed by atoms with van der Waals surface area (Å²) < 4.78 is 0. The molecular weight excluding hydrogens is 208 g/mol. The Balaban J connectivity index is 2.76. The van der Waals surface area contributed by atoms with E-state index in [9.17, 15) is 9.59 Å². The van der Waals surface area contributed by atoms with Crippen LogP contribution < -0.4 is 10.9 Å². The van der Waals surface area contributed by atoms with Gasteiger partial charge in [0.15, 0.2) is 0 Å². The number of nitrogens with one attached hydrogen (secondary N) is 2. The Morgan fingerprint density at radius 2 is 2.25 bits per heavy atom. The van der Waals surface area contributed by atoms with Gasteiger partial charge in [-0.15, -0.1) is 0 Å². The van der Waals surface area contributed by atoms with E-state index >= 15 is 0 Å². The predicted molar refractivity (Wildman–Crippen MR) is 56.6 cm³/mol. The molecule has 0 bridgehead atoms. The van der Waals surface area contributed by atoms with Crippen molar-refractivity contribution in [2.75, 3.05) is 0 Å². The maximum absolute atomic E-state index is 11.6. The number of aromatic amines is 1. The van der Waals surface area contributed by atoms with Crippen molar-refractivity contribution in [3.05, 3.63) is 28.2 Å². The summed E-state index contributed by atoms with van der Waals surface area (Å²) in [6.45, 7) is 3.66. The molecule has 1 aromatic rings. The highest BCUT2D eigenvalue weighted by atomic mass is 16.2. The lowest BCUT2D eigenvalue weighted by Gasteiger charge is -2.13. The van der Waals surface area contributed by atoms with Gasteiger partial charge in [-0.25, -0.2) is 5.10 Å². The minimum atomic E-state index is -0.568. The Hall–Kier alpha value is -2.16. The molecule has 0 aliphatic carbocycles. The second-order valence-electron chi connectivity index (χ2n) is 3.63. The molecule has 16 heavy (non-hydrogen) atoms. The molecule has 1 heterocycles. The second-order valence-corrected chi connectivity index (χ2v) is 3.63. The van der Waals surface area contributed by atoms with E-state index in [0.717, 1.165) is 0 Å². The van der Waals surface area contributed by atoms with Gasteiger partial charge in [0.05, 0.1) is 6.07 Å². The molecule has 0 saturated carbocycles. The average molecular weight is 220 g/mol. The molecule has 0 saturated heterocycles. The van der Waals surface area contributed by atoms with Crippen LogP contribution in [0.25, 0.3) is 0 Å². The van der Waals surface area contributed by atoms with Gasteiger partial charge in [0.2, 0.25) is 0 Å². The van der Waals surface area contributed by atoms with Gasteiger partial charge in [-0.3, -0.25) is 9.59 Å². The molecule has 0 fully saturated rings. The summed E-state index contributed by atoms with van der Waals surface area (Å²) in [5, 5.41) is 17.0. The minimum absolute atomic E-state index is 0.0108. The number of nitriles is 1. The van der Waals surface area contributed by atoms with E-state index in [1.54, 1.807) is 0 Å². The van der Waals surface area contributed by atoms with Crippen LogP contribution in [0.1, 0.15) is 24.3 Å². The summed E-state index contributed by atoms with van der Waals surface area (Å²) in [7, 11) is 0. The maximum atomic E-state index is 11.6. The van der Waals surface area contributed by atoms with Crippen LogP contribution in [-0.4, -0.2) is 22.1 Å². The minimum Gasteiger partial charge on any atom is -0.335 e. The zero-order chi connectivity index (χ0) is 12.1. The van der Waals surface area contributed by atoms with Gasteiger partial charge in [-0.2, -0.15) is 10.4 Å². The Kier molecular flexibility index (Phi) is 3.78. The molecule has 1 rings (SSSR count). The highest BCUT2D eigenvalue weighted by Crippen LogP contribution is 2.01. The Bertz CT molecular complexity index is 452. The molecule has 0 spiro atoms. The van der Waals surface area contributed by atoms with Crippen LogP contribution in [0.3, 0.4) is 0 Å². The van der Waals surface area contributed by atoms with Gasteiger partial charge in [-0.1, -0.05) is 13.8 Å². The largest absolute Gasteiger partial charge is 0.335 e. The number of amides is 1. The smallest absolute Gasteiger partial charge is 0.272 e. The molecule has 6 nitrogen and oxygen atoms in total. The van der Waals surface area contributed by atoms with Crippen molar-refractivity contribution in [2.24, 2.45) is 5.92 Å². The van der Waals surface area contributed by atoms with Crippen LogP contribution in [0.4, 0.5) is 0 Å². The third kappa shape index (κ3) is 2.92. The molecule has 6 heteroatoms. The molecular formula is C10H12N4O2. The molecule has 0 aliphatic heterocycles. The number of hydrogen-bond donors (Lipinski definition) is 2. The van der Waals surface area contributed by atoms with E-state index in [-0.39, 0.29) is 17.2 Å². The number of hydrogen-bond acceptors (Lipinski definition) is 4. The summed E-state index contributed by atoms with van der Waals surface area (Å²) in [5.74, 6) is -0.465. The van der Waals surface area contributed by atoms with Gasteiger partial charge >= 0.3 is 0 Å². The summed E-state index contributed by atoms with van der Waals surface area (Å²) in [6.07, 6.45) is 0. The van der Waals surface area contributed by atoms with Gasteiger partial charge in [0, 0.05) is 6.07 Å². The van der Waals surface area contributed by atoms with Crippen molar-refractivity contribution in [3.63, 3.8) is 0 Å². The maximum Gasteiger partial charge on any atom is 0.272 e. The molecule has 1 atom stereocenters. The fourth-order valence-electron chi connectivity index (χ4n) is 1.03. The molecule has 0 radical (unpaired) electrons. The first-order valence-corrected chi connectivity index (χ1v) is 4.81. The third-order valence-electron chi connectivity index (χ3n) is 2.00. The fraction of sp³-hybridized carbons (Fsp3) is 0.400. The first-order chi connectivity index (χ1) is 7.54. The number of carbonyl (C=O) groups is 1. The van der Waals surface area contributed by atoms with E-state index in [4.69, 9.17) is 5.26 Å². The lowest BCUT2D eigenvalue weighted by Crippen LogP contribution is -2.38. The average Bonchev–Trinajstić information content (AvgIpc) is 2.26. The zero-order valence-electron chi connectivity index (χ0n) is 9.02. The van der Waals surface area contributed by atoms with Crippen molar-refractivity contribution >= 4 is 5.91 Å². The Labute approximate surface area is 92.3 Å². The lowest BCUT2D eigenvalue weighted by molar-refractivity contribution is 0.0931. The monoisotopic (exact) mass is 220 g/mol. The van der Waals surface area contributed by atoms with Crippen LogP contribution >= 0.6 is 0 Å². The van der Waals surface area contributed by atoms with Crippen molar-refractivity contribution in [1.29, 1.82) is 5.26 Å². The number of aromatic nitrogens is 2. The summed E-state index contributed by atoms with van der Waals surface area (Å²) in [6, 6.07) is 3.93. The quantitative estimate of drug-likeness (QED) is 0.751. The first-order valence-electron chi connectivity index (χ1n) is 4.81. The third-order valence-corrected chi connectivity index (χ3v) is 2.00. The summed E-state index contributed by atoms with van der Waals surface area (Å²) >= 11 is 0. The summed E-state index contributed by atoms with van der Waals surface area (Å²) in [4.78, 5) is 22.3. The van der Waals surface area contributed by atoms with Crippen molar-refractivity contribution < 1.29 is 4.79 Å². The van der Waals surface area contributed by atoms with E-state index in [0.29, 0.717) is 0 Å². The standard InChI is InChI=1S/C10H12N4O2/c1-6(2)8(5-11)12-10(16)7-3-4-9(15)14-13-7/h3-4,6,8H,1-2H3,(H,12,16)(H,14,15). The highest BCUT2D eigenvalue weighted by Gasteiger charge is 2.17. The molecule has 0 aromatic carbocycles. The lowest BCUT2D eigenvalue weighted by atomic mass is 10.1. The highest BCUT2D eigenvalue weighted by molar-refractivity contribution is 5.92. The van der Waals surface area contributed by atoms with Crippen LogP contribution in [0.5, 0.6) is 0 Å². The Morgan fingerprint density at radius 3 is 2.69 bits per heavy atom. The van der Waals surface area contributed by atoms with Crippen LogP contribution in [0, 0.1) is 17.2 Å². The van der Waals surface area contributed by atoms with Gasteiger partial charge < -0.3 is 5.32 Å². The number of rotatable bonds is 3. The second kappa shape index (κ2) is 5.07. The zero-order valence-corrected chi connectivity index (χ0v) is 9.02. The van der Waals surface area contributed by atoms with E-state index in [1.165, 1.54) is 12.1 Å². The SMILES string of the molecule is CC(C)C(C#N)NC(=O)c1ccc(=O)[nH]n1. The normalized spacial score (nSPS) is 11.9. The van der Waals surface area contributed by atoms with Crippen LogP contribution in [-0.2, 0) is 0 Å². The molecule has 1 aromatic heterocycles. The molecule has 1 amide bonds. The fourth-order valence-corrected chi connectivity index (χ4v) is 1.03. The van der Waals surface area contributed by atoms with E-state index < -0.39 is 11.9 Å². The van der Waals surface area contributed by atoms with Crippen molar-refractivity contribution in [1.82, 2.24) is 15.5 Å². The Morgan fingerprint density at radius 1 is 1.56 bits per heavy atom. The molecule has 1 unspecified atom stereocenters. The predicted octanol–water partition coefficient (Wildman–Crippen LogP) is 0.0479. The number of carbonyl (C=O) groups excluding carboxylic acids is 1. The van der Waals surface area contributed by atoms with Gasteiger partial charge in [0.25, 0.3) is 11.5 Å². The molecule has 0 aliphatic rings. The van der Waals surface area contributed by atoms with Gasteiger partial charge in [-0.05, 0) is 12.0 Å². The van der Waals surface area contributed by atoms with Crippen molar-refractivity contribution in [2.45, 2.75) is 19.9 Å². The van der Waals surface area contributed by atoms with Gasteiger partial charge in [0.1, 0.15) is 11.7 Å². The molecule has 84 valence electrons. The topological polar surface area (TPSA) is 98.6 Å². The van der Waals surface area contributed by atoms with Crippen LogP contribution in [0.2, 0.25) is 0 Å².